The standard InChI is InChI=1S/C24H25N3O3/c1-13-4-9-20(25-12-13)27-24(30)21-15(3)26-18-10-14(2)11-19(29)23(18)22(21)16-5-7-17(28)8-6-16/h4-9,12,14,22,26,28H,10-11H2,1-3H3,(H,25,27,30)/t14-,22+/m1/s1. The fraction of sp³-hybridized carbons (Fsp3) is 0.292. The number of hydrogen-bond donors (Lipinski definition) is 3. The average molecular weight is 403 g/mol. The maximum Gasteiger partial charge on any atom is 0.255 e. The molecule has 0 unspecified atom stereocenters. The summed E-state index contributed by atoms with van der Waals surface area (Å²) in [4.78, 5) is 30.6. The van der Waals surface area contributed by atoms with Crippen LogP contribution >= 0.6 is 0 Å². The van der Waals surface area contributed by atoms with Crippen molar-refractivity contribution in [2.24, 2.45) is 5.92 Å². The molecule has 1 aromatic carbocycles. The van der Waals surface area contributed by atoms with Crippen molar-refractivity contribution in [1.82, 2.24) is 10.3 Å². The second-order valence-electron chi connectivity index (χ2n) is 8.19. The summed E-state index contributed by atoms with van der Waals surface area (Å²) in [6, 6.07) is 10.3. The molecule has 3 N–H and O–H groups in total. The maximum atomic E-state index is 13.3. The molecular formula is C24H25N3O3. The minimum Gasteiger partial charge on any atom is -0.508 e. The number of phenolic OH excluding ortho intramolecular Hbond substituents is 1. The Hall–Kier alpha value is -3.41. The second-order valence-corrected chi connectivity index (χ2v) is 8.19. The van der Waals surface area contributed by atoms with Gasteiger partial charge in [0.25, 0.3) is 5.91 Å². The van der Waals surface area contributed by atoms with Gasteiger partial charge in [-0.1, -0.05) is 25.1 Å². The highest BCUT2D eigenvalue weighted by Gasteiger charge is 2.39. The number of pyridine rings is 1. The zero-order valence-corrected chi connectivity index (χ0v) is 17.3. The molecule has 1 aromatic heterocycles. The Balaban J connectivity index is 1.78. The molecular weight excluding hydrogens is 378 g/mol. The number of rotatable bonds is 3. The lowest BCUT2D eigenvalue weighted by molar-refractivity contribution is -0.117. The summed E-state index contributed by atoms with van der Waals surface area (Å²) < 4.78 is 0. The number of phenols is 1. The van der Waals surface area contributed by atoms with E-state index in [1.54, 1.807) is 36.5 Å². The van der Waals surface area contributed by atoms with Crippen molar-refractivity contribution in [3.63, 3.8) is 0 Å². The third-order valence-electron chi connectivity index (χ3n) is 5.66. The number of ketones is 1. The number of carbonyl (C=O) groups excluding carboxylic acids is 2. The van der Waals surface area contributed by atoms with Gasteiger partial charge < -0.3 is 15.7 Å². The van der Waals surface area contributed by atoms with E-state index in [1.165, 1.54) is 0 Å². The first-order valence-corrected chi connectivity index (χ1v) is 10.1. The molecule has 154 valence electrons. The number of hydrogen-bond acceptors (Lipinski definition) is 5. The number of aromatic nitrogens is 1. The monoisotopic (exact) mass is 403 g/mol. The summed E-state index contributed by atoms with van der Waals surface area (Å²) in [6.45, 7) is 5.85. The largest absolute Gasteiger partial charge is 0.508 e. The van der Waals surface area contributed by atoms with Crippen LogP contribution in [-0.4, -0.2) is 21.8 Å². The van der Waals surface area contributed by atoms with Crippen molar-refractivity contribution in [3.8, 4) is 5.75 Å². The van der Waals surface area contributed by atoms with Crippen molar-refractivity contribution < 1.29 is 14.7 Å². The summed E-state index contributed by atoms with van der Waals surface area (Å²) in [5.74, 6) is 0.115. The van der Waals surface area contributed by atoms with Gasteiger partial charge in [0, 0.05) is 41.1 Å². The van der Waals surface area contributed by atoms with Gasteiger partial charge in [-0.15, -0.1) is 0 Å². The highest BCUT2D eigenvalue weighted by atomic mass is 16.3. The number of Topliss-reactive ketones (excluding diaryl/α,β-unsaturated/α-hetero) is 1. The molecule has 0 fully saturated rings. The Kier molecular flexibility index (Phi) is 5.16. The number of nitrogens with one attached hydrogen (secondary N) is 2. The summed E-state index contributed by atoms with van der Waals surface area (Å²) in [6.07, 6.45) is 2.92. The SMILES string of the molecule is CC1=C(C(=O)Nc2ccc(C)cn2)[C@H](c2ccc(O)cc2)C2=C(C[C@@H](C)CC2=O)N1. The van der Waals surface area contributed by atoms with Crippen LogP contribution in [0.2, 0.25) is 0 Å². The molecule has 6 nitrogen and oxygen atoms in total. The predicted molar refractivity (Wildman–Crippen MR) is 115 cm³/mol. The van der Waals surface area contributed by atoms with Crippen molar-refractivity contribution in [3.05, 3.63) is 76.3 Å². The Morgan fingerprint density at radius 1 is 1.13 bits per heavy atom. The molecule has 2 aromatic rings. The quantitative estimate of drug-likeness (QED) is 0.722. The zero-order chi connectivity index (χ0) is 21.4. The molecule has 0 saturated heterocycles. The number of carbonyl (C=O) groups is 2. The Morgan fingerprint density at radius 2 is 1.87 bits per heavy atom. The first-order chi connectivity index (χ1) is 14.3. The van der Waals surface area contributed by atoms with E-state index in [0.717, 1.165) is 28.9 Å². The first kappa shape index (κ1) is 19.9. The molecule has 1 amide bonds. The van der Waals surface area contributed by atoms with Gasteiger partial charge in [0.15, 0.2) is 5.78 Å². The van der Waals surface area contributed by atoms with Gasteiger partial charge in [0.2, 0.25) is 0 Å². The summed E-state index contributed by atoms with van der Waals surface area (Å²) in [5, 5.41) is 15.9. The Morgan fingerprint density at radius 3 is 2.53 bits per heavy atom. The van der Waals surface area contributed by atoms with Crippen LogP contribution in [0.1, 0.15) is 43.7 Å². The zero-order valence-electron chi connectivity index (χ0n) is 17.3. The lowest BCUT2D eigenvalue weighted by atomic mass is 9.73. The molecule has 4 rings (SSSR count). The molecule has 6 heteroatoms. The van der Waals surface area contributed by atoms with E-state index in [0.29, 0.717) is 23.4 Å². The number of dihydropyridines is 1. The minimum atomic E-state index is -0.493. The minimum absolute atomic E-state index is 0.0561. The molecule has 2 aliphatic rings. The second kappa shape index (κ2) is 7.78. The fourth-order valence-corrected chi connectivity index (χ4v) is 4.26. The van der Waals surface area contributed by atoms with E-state index in [1.807, 2.05) is 19.9 Å². The fourth-order valence-electron chi connectivity index (χ4n) is 4.26. The molecule has 2 heterocycles. The van der Waals surface area contributed by atoms with Gasteiger partial charge in [-0.05, 0) is 55.5 Å². The molecule has 0 bridgehead atoms. The highest BCUT2D eigenvalue weighted by molar-refractivity contribution is 6.09. The average Bonchev–Trinajstić information content (AvgIpc) is 2.69. The lowest BCUT2D eigenvalue weighted by Crippen LogP contribution is -2.37. The summed E-state index contributed by atoms with van der Waals surface area (Å²) >= 11 is 0. The number of aryl methyl sites for hydroxylation is 1. The van der Waals surface area contributed by atoms with Gasteiger partial charge in [0.05, 0.1) is 0 Å². The van der Waals surface area contributed by atoms with Crippen LogP contribution in [0.3, 0.4) is 0 Å². The van der Waals surface area contributed by atoms with Gasteiger partial charge >= 0.3 is 0 Å². The lowest BCUT2D eigenvalue weighted by Gasteiger charge is -2.36. The number of nitrogens with zero attached hydrogens (tertiary/aromatic N) is 1. The third kappa shape index (κ3) is 3.73. The van der Waals surface area contributed by atoms with Crippen LogP contribution in [0.15, 0.2) is 65.1 Å². The number of anilines is 1. The number of benzene rings is 1. The summed E-state index contributed by atoms with van der Waals surface area (Å²) in [7, 11) is 0. The van der Waals surface area contributed by atoms with Crippen LogP contribution in [-0.2, 0) is 9.59 Å². The molecule has 1 aliphatic heterocycles. The Labute approximate surface area is 175 Å². The molecule has 30 heavy (non-hydrogen) atoms. The third-order valence-corrected chi connectivity index (χ3v) is 5.66. The van der Waals surface area contributed by atoms with E-state index < -0.39 is 5.92 Å². The van der Waals surface area contributed by atoms with Crippen molar-refractivity contribution >= 4 is 17.5 Å². The molecule has 2 atom stereocenters. The van der Waals surface area contributed by atoms with Crippen LogP contribution in [0, 0.1) is 12.8 Å². The molecule has 0 spiro atoms. The van der Waals surface area contributed by atoms with E-state index in [2.05, 4.69) is 22.5 Å². The topological polar surface area (TPSA) is 91.3 Å². The first-order valence-electron chi connectivity index (χ1n) is 10.1. The van der Waals surface area contributed by atoms with Crippen LogP contribution in [0.5, 0.6) is 5.75 Å². The van der Waals surface area contributed by atoms with Gasteiger partial charge in [-0.3, -0.25) is 9.59 Å². The van der Waals surface area contributed by atoms with Crippen LogP contribution in [0.4, 0.5) is 5.82 Å². The van der Waals surface area contributed by atoms with E-state index in [4.69, 9.17) is 0 Å². The van der Waals surface area contributed by atoms with Crippen molar-refractivity contribution in [1.29, 1.82) is 0 Å². The highest BCUT2D eigenvalue weighted by Crippen LogP contribution is 2.43. The maximum absolute atomic E-state index is 13.3. The van der Waals surface area contributed by atoms with E-state index in [9.17, 15) is 14.7 Å². The van der Waals surface area contributed by atoms with E-state index in [-0.39, 0.29) is 23.4 Å². The van der Waals surface area contributed by atoms with E-state index >= 15 is 0 Å². The smallest absolute Gasteiger partial charge is 0.255 e. The number of aromatic hydroxyl groups is 1. The van der Waals surface area contributed by atoms with Crippen molar-refractivity contribution in [2.75, 3.05) is 5.32 Å². The molecule has 0 saturated carbocycles. The normalized spacial score (nSPS) is 21.2. The van der Waals surface area contributed by atoms with Crippen LogP contribution < -0.4 is 10.6 Å². The van der Waals surface area contributed by atoms with Crippen LogP contribution in [0.25, 0.3) is 0 Å². The van der Waals surface area contributed by atoms with Gasteiger partial charge in [-0.2, -0.15) is 0 Å². The Bertz CT molecular complexity index is 1070. The number of allylic oxidation sites excluding steroid dienone is 3. The molecule has 0 radical (unpaired) electrons. The predicted octanol–water partition coefficient (Wildman–Crippen LogP) is 3.95. The summed E-state index contributed by atoms with van der Waals surface area (Å²) in [5.41, 5.74) is 4.54. The van der Waals surface area contributed by atoms with Gasteiger partial charge in [0.1, 0.15) is 11.6 Å². The molecule has 1 aliphatic carbocycles. The van der Waals surface area contributed by atoms with Gasteiger partial charge in [-0.25, -0.2) is 4.98 Å². The van der Waals surface area contributed by atoms with Crippen molar-refractivity contribution in [2.45, 2.75) is 39.5 Å². The number of amides is 1.